The summed E-state index contributed by atoms with van der Waals surface area (Å²) in [4.78, 5) is 27.6. The molecule has 0 spiro atoms. The molecule has 2 N–H and O–H groups in total. The number of nitrogens with two attached hydrogens (primary N) is 1. The SMILES string of the molecule is CN(Cc1ccc2c(c1)ncn2C)C(=O)C(N)=O. The van der Waals surface area contributed by atoms with Gasteiger partial charge in [-0.25, -0.2) is 4.98 Å². The summed E-state index contributed by atoms with van der Waals surface area (Å²) in [6.45, 7) is 0.328. The van der Waals surface area contributed by atoms with E-state index in [1.807, 2.05) is 29.8 Å². The van der Waals surface area contributed by atoms with Crippen molar-refractivity contribution in [2.45, 2.75) is 6.54 Å². The minimum atomic E-state index is -0.948. The molecule has 2 amide bonds. The van der Waals surface area contributed by atoms with E-state index in [4.69, 9.17) is 5.73 Å². The van der Waals surface area contributed by atoms with E-state index in [1.165, 1.54) is 11.9 Å². The van der Waals surface area contributed by atoms with Crippen LogP contribution in [0.3, 0.4) is 0 Å². The second kappa shape index (κ2) is 4.48. The van der Waals surface area contributed by atoms with Crippen LogP contribution in [0.1, 0.15) is 5.56 Å². The Bertz CT molecular complexity index is 618. The summed E-state index contributed by atoms with van der Waals surface area (Å²) in [7, 11) is 3.45. The zero-order valence-corrected chi connectivity index (χ0v) is 10.3. The van der Waals surface area contributed by atoms with E-state index in [1.54, 1.807) is 6.33 Å². The first kappa shape index (κ1) is 12.1. The maximum absolute atomic E-state index is 11.3. The van der Waals surface area contributed by atoms with Crippen LogP contribution in [0.4, 0.5) is 0 Å². The lowest BCUT2D eigenvalue weighted by atomic mass is 10.2. The maximum Gasteiger partial charge on any atom is 0.311 e. The van der Waals surface area contributed by atoms with Crippen LogP contribution in [0.2, 0.25) is 0 Å². The van der Waals surface area contributed by atoms with Gasteiger partial charge in [-0.3, -0.25) is 9.59 Å². The number of primary amides is 1. The van der Waals surface area contributed by atoms with Gasteiger partial charge >= 0.3 is 11.8 Å². The Morgan fingerprint density at radius 3 is 2.83 bits per heavy atom. The van der Waals surface area contributed by atoms with E-state index in [9.17, 15) is 9.59 Å². The molecule has 94 valence electrons. The predicted octanol–water partition coefficient (Wildman–Crippen LogP) is 0.0170. The highest BCUT2D eigenvalue weighted by atomic mass is 16.2. The molecule has 1 aromatic carbocycles. The molecule has 2 rings (SSSR count). The first-order chi connectivity index (χ1) is 8.49. The van der Waals surface area contributed by atoms with Crippen molar-refractivity contribution in [2.75, 3.05) is 7.05 Å². The number of rotatable bonds is 2. The number of nitrogens with zero attached hydrogens (tertiary/aromatic N) is 3. The molecule has 0 atom stereocenters. The molecule has 1 heterocycles. The average molecular weight is 246 g/mol. The minimum Gasteiger partial charge on any atom is -0.361 e. The quantitative estimate of drug-likeness (QED) is 0.758. The Hall–Kier alpha value is -2.37. The number of aryl methyl sites for hydroxylation is 1. The van der Waals surface area contributed by atoms with E-state index >= 15 is 0 Å². The number of carbonyl (C=O) groups is 2. The highest BCUT2D eigenvalue weighted by molar-refractivity contribution is 6.34. The number of carbonyl (C=O) groups excluding carboxylic acids is 2. The molecule has 0 saturated heterocycles. The fraction of sp³-hybridized carbons (Fsp3) is 0.250. The Balaban J connectivity index is 2.22. The van der Waals surface area contributed by atoms with Crippen molar-refractivity contribution in [3.63, 3.8) is 0 Å². The van der Waals surface area contributed by atoms with Gasteiger partial charge in [-0.05, 0) is 17.7 Å². The summed E-state index contributed by atoms with van der Waals surface area (Å²) in [6.07, 6.45) is 1.73. The van der Waals surface area contributed by atoms with E-state index in [2.05, 4.69) is 4.98 Å². The lowest BCUT2D eigenvalue weighted by Gasteiger charge is -2.14. The molecule has 0 aliphatic heterocycles. The number of benzene rings is 1. The van der Waals surface area contributed by atoms with Crippen molar-refractivity contribution in [3.8, 4) is 0 Å². The highest BCUT2D eigenvalue weighted by Crippen LogP contribution is 2.14. The van der Waals surface area contributed by atoms with Gasteiger partial charge in [0.25, 0.3) is 0 Å². The van der Waals surface area contributed by atoms with Crippen molar-refractivity contribution in [2.24, 2.45) is 12.8 Å². The van der Waals surface area contributed by atoms with Gasteiger partial charge in [0.05, 0.1) is 17.4 Å². The summed E-state index contributed by atoms with van der Waals surface area (Å²) in [6, 6.07) is 5.72. The Morgan fingerprint density at radius 1 is 1.44 bits per heavy atom. The second-order valence-electron chi connectivity index (χ2n) is 4.20. The van der Waals surface area contributed by atoms with Crippen molar-refractivity contribution in [3.05, 3.63) is 30.1 Å². The predicted molar refractivity (Wildman–Crippen MR) is 66.4 cm³/mol. The van der Waals surface area contributed by atoms with Crippen molar-refractivity contribution in [1.29, 1.82) is 0 Å². The number of hydrogen-bond donors (Lipinski definition) is 1. The lowest BCUT2D eigenvalue weighted by Crippen LogP contribution is -2.37. The van der Waals surface area contributed by atoms with Crippen LogP contribution in [0.15, 0.2) is 24.5 Å². The molecular formula is C12H14N4O2. The zero-order valence-electron chi connectivity index (χ0n) is 10.3. The molecule has 6 nitrogen and oxygen atoms in total. The maximum atomic E-state index is 11.3. The van der Waals surface area contributed by atoms with Crippen LogP contribution >= 0.6 is 0 Å². The van der Waals surface area contributed by atoms with Gasteiger partial charge in [0, 0.05) is 20.6 Å². The largest absolute Gasteiger partial charge is 0.361 e. The van der Waals surface area contributed by atoms with Gasteiger partial charge < -0.3 is 15.2 Å². The molecule has 0 saturated carbocycles. The van der Waals surface area contributed by atoms with Crippen LogP contribution in [-0.2, 0) is 23.2 Å². The van der Waals surface area contributed by atoms with Gasteiger partial charge in [-0.15, -0.1) is 0 Å². The molecular weight excluding hydrogens is 232 g/mol. The van der Waals surface area contributed by atoms with E-state index in [-0.39, 0.29) is 0 Å². The van der Waals surface area contributed by atoms with Crippen LogP contribution in [0.25, 0.3) is 11.0 Å². The third-order valence-electron chi connectivity index (χ3n) is 2.77. The van der Waals surface area contributed by atoms with Gasteiger partial charge in [0.1, 0.15) is 0 Å². The van der Waals surface area contributed by atoms with E-state index in [0.717, 1.165) is 16.6 Å². The Kier molecular flexibility index (Phi) is 3.01. The third-order valence-corrected chi connectivity index (χ3v) is 2.77. The Labute approximate surface area is 104 Å². The van der Waals surface area contributed by atoms with Gasteiger partial charge in [-0.2, -0.15) is 0 Å². The van der Waals surface area contributed by atoms with Crippen LogP contribution in [0, 0.1) is 0 Å². The number of hydrogen-bond acceptors (Lipinski definition) is 3. The molecule has 2 aromatic rings. The third kappa shape index (κ3) is 2.17. The van der Waals surface area contributed by atoms with Crippen LogP contribution in [0.5, 0.6) is 0 Å². The summed E-state index contributed by atoms with van der Waals surface area (Å²) in [5, 5.41) is 0. The Morgan fingerprint density at radius 2 is 2.17 bits per heavy atom. The zero-order chi connectivity index (χ0) is 13.3. The van der Waals surface area contributed by atoms with Crippen LogP contribution in [-0.4, -0.2) is 33.3 Å². The molecule has 0 radical (unpaired) electrons. The van der Waals surface area contributed by atoms with Crippen molar-refractivity contribution < 1.29 is 9.59 Å². The number of aromatic nitrogens is 2. The van der Waals surface area contributed by atoms with E-state index in [0.29, 0.717) is 6.54 Å². The molecule has 1 aromatic heterocycles. The normalized spacial score (nSPS) is 10.6. The van der Waals surface area contributed by atoms with Gasteiger partial charge in [0.15, 0.2) is 0 Å². The molecule has 0 bridgehead atoms. The minimum absolute atomic E-state index is 0.328. The summed E-state index contributed by atoms with van der Waals surface area (Å²) >= 11 is 0. The summed E-state index contributed by atoms with van der Waals surface area (Å²) in [5.74, 6) is -1.65. The molecule has 0 aliphatic carbocycles. The smallest absolute Gasteiger partial charge is 0.311 e. The number of amides is 2. The summed E-state index contributed by atoms with van der Waals surface area (Å²) < 4.78 is 1.91. The van der Waals surface area contributed by atoms with Crippen LogP contribution < -0.4 is 5.73 Å². The fourth-order valence-electron chi connectivity index (χ4n) is 1.81. The molecule has 0 aliphatic rings. The monoisotopic (exact) mass is 246 g/mol. The topological polar surface area (TPSA) is 81.2 Å². The molecule has 18 heavy (non-hydrogen) atoms. The fourth-order valence-corrected chi connectivity index (χ4v) is 1.81. The standard InChI is InChI=1S/C12H14N4O2/c1-15(12(18)11(13)17)6-8-3-4-10-9(5-8)14-7-16(10)2/h3-5,7H,6H2,1-2H3,(H2,13,17). The van der Waals surface area contributed by atoms with Crippen molar-refractivity contribution in [1.82, 2.24) is 14.5 Å². The molecule has 0 fully saturated rings. The van der Waals surface area contributed by atoms with Gasteiger partial charge in [-0.1, -0.05) is 6.07 Å². The average Bonchev–Trinajstić information content (AvgIpc) is 2.69. The van der Waals surface area contributed by atoms with Gasteiger partial charge in [0.2, 0.25) is 0 Å². The number of fused-ring (bicyclic) bond motifs is 1. The second-order valence-corrected chi connectivity index (χ2v) is 4.20. The lowest BCUT2D eigenvalue weighted by molar-refractivity contribution is -0.143. The first-order valence-electron chi connectivity index (χ1n) is 5.44. The van der Waals surface area contributed by atoms with E-state index < -0.39 is 11.8 Å². The van der Waals surface area contributed by atoms with Crippen molar-refractivity contribution >= 4 is 22.8 Å². The molecule has 6 heteroatoms. The first-order valence-corrected chi connectivity index (χ1v) is 5.44. The molecule has 0 unspecified atom stereocenters. The highest BCUT2D eigenvalue weighted by Gasteiger charge is 2.15. The number of likely N-dealkylation sites (N-methyl/N-ethyl adjacent to an activating group) is 1. The number of imidazole rings is 1. The summed E-state index contributed by atoms with van der Waals surface area (Å²) in [5.41, 5.74) is 7.71.